The van der Waals surface area contributed by atoms with Crippen molar-refractivity contribution < 1.29 is 4.52 Å². The van der Waals surface area contributed by atoms with Gasteiger partial charge in [0.15, 0.2) is 5.11 Å². The van der Waals surface area contributed by atoms with Crippen molar-refractivity contribution in [1.29, 1.82) is 0 Å². The summed E-state index contributed by atoms with van der Waals surface area (Å²) in [5.74, 6) is 1.02. The average molecular weight is 310 g/mol. The molecule has 5 nitrogen and oxygen atoms in total. The van der Waals surface area contributed by atoms with Crippen LogP contribution in [0, 0.1) is 6.92 Å². The molecule has 0 fully saturated rings. The molecule has 0 aliphatic rings. The van der Waals surface area contributed by atoms with E-state index in [0.29, 0.717) is 11.7 Å². The summed E-state index contributed by atoms with van der Waals surface area (Å²) < 4.78 is 5.37. The van der Waals surface area contributed by atoms with Gasteiger partial charge in [-0.3, -0.25) is 0 Å². The predicted octanol–water partition coefficient (Wildman–Crippen LogP) is 3.37. The van der Waals surface area contributed by atoms with Crippen molar-refractivity contribution in [3.63, 3.8) is 0 Å². The van der Waals surface area contributed by atoms with Crippen LogP contribution in [0.1, 0.15) is 5.56 Å². The summed E-state index contributed by atoms with van der Waals surface area (Å²) in [6.45, 7) is 2.01. The number of aryl methyl sites for hydroxylation is 1. The molecule has 0 aliphatic carbocycles. The lowest BCUT2D eigenvalue weighted by atomic mass is 10.1. The zero-order chi connectivity index (χ0) is 15.5. The van der Waals surface area contributed by atoms with Crippen molar-refractivity contribution in [2.75, 3.05) is 5.32 Å². The summed E-state index contributed by atoms with van der Waals surface area (Å²) in [5, 5.41) is 7.15. The zero-order valence-electron chi connectivity index (χ0n) is 11.9. The SMILES string of the molecule is Cc1ccccc1-c1noc(-c2cccc(NC(N)=S)c2)n1. The molecule has 0 amide bonds. The summed E-state index contributed by atoms with van der Waals surface area (Å²) in [5.41, 5.74) is 9.11. The third-order valence-electron chi connectivity index (χ3n) is 3.19. The molecule has 0 atom stereocenters. The lowest BCUT2D eigenvalue weighted by Crippen LogP contribution is -2.18. The lowest BCUT2D eigenvalue weighted by Gasteiger charge is -2.04. The Labute approximate surface area is 133 Å². The third-order valence-corrected chi connectivity index (χ3v) is 3.29. The van der Waals surface area contributed by atoms with E-state index in [1.54, 1.807) is 0 Å². The van der Waals surface area contributed by atoms with Gasteiger partial charge in [-0.15, -0.1) is 0 Å². The molecule has 110 valence electrons. The second-order valence-corrected chi connectivity index (χ2v) is 5.25. The van der Waals surface area contributed by atoms with Crippen LogP contribution in [0.15, 0.2) is 53.1 Å². The summed E-state index contributed by atoms with van der Waals surface area (Å²) in [4.78, 5) is 4.46. The van der Waals surface area contributed by atoms with Gasteiger partial charge in [-0.25, -0.2) is 0 Å². The van der Waals surface area contributed by atoms with Crippen LogP contribution in [0.5, 0.6) is 0 Å². The minimum absolute atomic E-state index is 0.211. The number of nitrogens with one attached hydrogen (secondary N) is 1. The quantitative estimate of drug-likeness (QED) is 0.722. The number of hydrogen-bond acceptors (Lipinski definition) is 4. The fraction of sp³-hybridized carbons (Fsp3) is 0.0625. The van der Waals surface area contributed by atoms with Gasteiger partial charge in [-0.2, -0.15) is 4.98 Å². The molecule has 3 aromatic rings. The zero-order valence-corrected chi connectivity index (χ0v) is 12.7. The largest absolute Gasteiger partial charge is 0.376 e. The van der Waals surface area contributed by atoms with E-state index >= 15 is 0 Å². The molecule has 0 unspecified atom stereocenters. The molecule has 22 heavy (non-hydrogen) atoms. The molecular formula is C16H14N4OS. The first-order valence-electron chi connectivity index (χ1n) is 6.70. The first-order valence-corrected chi connectivity index (χ1v) is 7.11. The van der Waals surface area contributed by atoms with E-state index in [-0.39, 0.29) is 5.11 Å². The van der Waals surface area contributed by atoms with Gasteiger partial charge in [0.05, 0.1) is 0 Å². The monoisotopic (exact) mass is 310 g/mol. The van der Waals surface area contributed by atoms with E-state index in [1.165, 1.54) is 0 Å². The van der Waals surface area contributed by atoms with Gasteiger partial charge in [-0.1, -0.05) is 35.5 Å². The maximum absolute atomic E-state index is 5.48. The standard InChI is InChI=1S/C16H14N4OS/c1-10-5-2-3-8-13(10)14-19-15(21-20-14)11-6-4-7-12(9-11)18-16(17)22/h2-9H,1H3,(H3,17,18,22). The minimum atomic E-state index is 0.211. The fourth-order valence-electron chi connectivity index (χ4n) is 2.15. The van der Waals surface area contributed by atoms with E-state index in [9.17, 15) is 0 Å². The van der Waals surface area contributed by atoms with Gasteiger partial charge < -0.3 is 15.6 Å². The van der Waals surface area contributed by atoms with Crippen LogP contribution >= 0.6 is 12.2 Å². The Balaban J connectivity index is 1.94. The summed E-state index contributed by atoms with van der Waals surface area (Å²) in [6.07, 6.45) is 0. The molecule has 0 aliphatic heterocycles. The summed E-state index contributed by atoms with van der Waals surface area (Å²) >= 11 is 4.84. The highest BCUT2D eigenvalue weighted by atomic mass is 32.1. The van der Waals surface area contributed by atoms with Crippen molar-refractivity contribution in [2.45, 2.75) is 6.92 Å². The molecule has 2 aromatic carbocycles. The maximum atomic E-state index is 5.48. The Morgan fingerprint density at radius 2 is 2.00 bits per heavy atom. The van der Waals surface area contributed by atoms with E-state index in [0.717, 1.165) is 22.4 Å². The highest BCUT2D eigenvalue weighted by Gasteiger charge is 2.12. The van der Waals surface area contributed by atoms with Crippen molar-refractivity contribution >= 4 is 23.0 Å². The van der Waals surface area contributed by atoms with Crippen molar-refractivity contribution in [1.82, 2.24) is 10.1 Å². The third kappa shape index (κ3) is 2.96. The average Bonchev–Trinajstić information content (AvgIpc) is 2.97. The van der Waals surface area contributed by atoms with Gasteiger partial charge in [0.2, 0.25) is 5.82 Å². The normalized spacial score (nSPS) is 10.4. The first-order chi connectivity index (χ1) is 10.6. The van der Waals surface area contributed by atoms with Crippen molar-refractivity contribution in [3.05, 3.63) is 54.1 Å². The number of rotatable bonds is 3. The molecule has 1 aromatic heterocycles. The second-order valence-electron chi connectivity index (χ2n) is 4.81. The molecule has 3 rings (SSSR count). The van der Waals surface area contributed by atoms with Crippen LogP contribution in [0.2, 0.25) is 0 Å². The van der Waals surface area contributed by atoms with Crippen LogP contribution < -0.4 is 11.1 Å². The van der Waals surface area contributed by atoms with Gasteiger partial charge in [-0.05, 0) is 42.9 Å². The van der Waals surface area contributed by atoms with Gasteiger partial charge in [0.1, 0.15) is 0 Å². The van der Waals surface area contributed by atoms with Crippen LogP contribution in [0.3, 0.4) is 0 Å². The topological polar surface area (TPSA) is 77.0 Å². The summed E-state index contributed by atoms with van der Waals surface area (Å²) in [6, 6.07) is 15.4. The van der Waals surface area contributed by atoms with Crippen LogP contribution in [-0.4, -0.2) is 15.3 Å². The molecule has 6 heteroatoms. The van der Waals surface area contributed by atoms with Gasteiger partial charge in [0, 0.05) is 16.8 Å². The Morgan fingerprint density at radius 1 is 1.18 bits per heavy atom. The summed E-state index contributed by atoms with van der Waals surface area (Å²) in [7, 11) is 0. The van der Waals surface area contributed by atoms with Gasteiger partial charge >= 0.3 is 0 Å². The van der Waals surface area contributed by atoms with Crippen LogP contribution in [-0.2, 0) is 0 Å². The van der Waals surface area contributed by atoms with E-state index in [4.69, 9.17) is 22.5 Å². The number of benzene rings is 2. The highest BCUT2D eigenvalue weighted by Crippen LogP contribution is 2.25. The molecule has 3 N–H and O–H groups in total. The van der Waals surface area contributed by atoms with Crippen molar-refractivity contribution in [3.8, 4) is 22.8 Å². The number of nitrogens with zero attached hydrogens (tertiary/aromatic N) is 2. The molecule has 1 heterocycles. The van der Waals surface area contributed by atoms with Crippen LogP contribution in [0.25, 0.3) is 22.8 Å². The molecule has 0 saturated heterocycles. The molecule has 0 radical (unpaired) electrons. The molecular weight excluding hydrogens is 296 g/mol. The molecule has 0 saturated carbocycles. The maximum Gasteiger partial charge on any atom is 0.258 e. The number of nitrogens with two attached hydrogens (primary N) is 1. The van der Waals surface area contributed by atoms with Crippen molar-refractivity contribution in [2.24, 2.45) is 5.73 Å². The number of aromatic nitrogens is 2. The minimum Gasteiger partial charge on any atom is -0.376 e. The Bertz CT molecular complexity index is 828. The number of anilines is 1. The predicted molar refractivity (Wildman–Crippen MR) is 90.3 cm³/mol. The lowest BCUT2D eigenvalue weighted by molar-refractivity contribution is 0.432. The smallest absolute Gasteiger partial charge is 0.258 e. The fourth-order valence-corrected chi connectivity index (χ4v) is 2.26. The van der Waals surface area contributed by atoms with E-state index in [1.807, 2.05) is 55.5 Å². The van der Waals surface area contributed by atoms with E-state index in [2.05, 4.69) is 15.5 Å². The first kappa shape index (κ1) is 14.2. The molecule has 0 spiro atoms. The second kappa shape index (κ2) is 5.95. The Morgan fingerprint density at radius 3 is 2.77 bits per heavy atom. The Hall–Kier alpha value is -2.73. The highest BCUT2D eigenvalue weighted by molar-refractivity contribution is 7.80. The van der Waals surface area contributed by atoms with Gasteiger partial charge in [0.25, 0.3) is 5.89 Å². The molecule has 0 bridgehead atoms. The number of hydrogen-bond donors (Lipinski definition) is 2. The Kier molecular flexibility index (Phi) is 3.84. The van der Waals surface area contributed by atoms with E-state index < -0.39 is 0 Å². The number of thiocarbonyl (C=S) groups is 1. The van der Waals surface area contributed by atoms with Crippen LogP contribution in [0.4, 0.5) is 5.69 Å².